The number of hydrogen-bond acceptors (Lipinski definition) is 6. The molecule has 0 saturated carbocycles. The van der Waals surface area contributed by atoms with E-state index in [1.807, 2.05) is 0 Å². The van der Waals surface area contributed by atoms with Gasteiger partial charge in [-0.15, -0.1) is 0 Å². The number of urea groups is 1. The molecule has 3 atom stereocenters. The van der Waals surface area contributed by atoms with E-state index in [1.165, 1.54) is 19.3 Å². The Kier molecular flexibility index (Phi) is 9.64. The van der Waals surface area contributed by atoms with Crippen LogP contribution in [0.2, 0.25) is 5.02 Å². The van der Waals surface area contributed by atoms with E-state index in [1.54, 1.807) is 54.4 Å². The Morgan fingerprint density at radius 1 is 1.00 bits per heavy atom. The van der Waals surface area contributed by atoms with Gasteiger partial charge in [0, 0.05) is 36.5 Å². The monoisotopic (exact) mass is 583 g/mol. The molecule has 0 radical (unpaired) electrons. The summed E-state index contributed by atoms with van der Waals surface area (Å²) in [6, 6.07) is 11.1. The molecule has 3 aliphatic heterocycles. The van der Waals surface area contributed by atoms with Gasteiger partial charge in [-0.05, 0) is 81.2 Å². The van der Waals surface area contributed by atoms with Crippen molar-refractivity contribution in [3.05, 3.63) is 53.1 Å². The van der Waals surface area contributed by atoms with E-state index in [4.69, 9.17) is 21.1 Å². The zero-order valence-corrected chi connectivity index (χ0v) is 24.1. The van der Waals surface area contributed by atoms with Crippen molar-refractivity contribution in [1.29, 1.82) is 0 Å². The van der Waals surface area contributed by atoms with Crippen LogP contribution in [-0.4, -0.2) is 85.7 Å². The third-order valence-electron chi connectivity index (χ3n) is 7.98. The highest BCUT2D eigenvalue weighted by molar-refractivity contribution is 6.30. The summed E-state index contributed by atoms with van der Waals surface area (Å²) in [7, 11) is 1.76. The molecule has 10 nitrogen and oxygen atoms in total. The minimum absolute atomic E-state index is 0.00729. The zero-order chi connectivity index (χ0) is 28.8. The van der Waals surface area contributed by atoms with Gasteiger partial charge in [-0.1, -0.05) is 18.0 Å². The van der Waals surface area contributed by atoms with Crippen LogP contribution in [0.25, 0.3) is 0 Å². The van der Waals surface area contributed by atoms with Crippen LogP contribution in [0.4, 0.5) is 16.2 Å². The summed E-state index contributed by atoms with van der Waals surface area (Å²) in [5, 5.41) is 9.12. The van der Waals surface area contributed by atoms with Crippen molar-refractivity contribution >= 4 is 40.8 Å². The lowest BCUT2D eigenvalue weighted by Crippen LogP contribution is -2.54. The van der Waals surface area contributed by atoms with Crippen molar-refractivity contribution in [2.24, 2.45) is 0 Å². The number of hydrogen-bond donors (Lipinski definition) is 3. The van der Waals surface area contributed by atoms with Gasteiger partial charge in [-0.2, -0.15) is 0 Å². The molecule has 2 aromatic rings. The molecule has 3 aliphatic rings. The Bertz CT molecular complexity index is 1240. The predicted molar refractivity (Wildman–Crippen MR) is 158 cm³/mol. The van der Waals surface area contributed by atoms with E-state index in [0.717, 1.165) is 19.6 Å². The number of ether oxygens (including phenoxy) is 2. The smallest absolute Gasteiger partial charge is 0.323 e. The minimum Gasteiger partial charge on any atom is -0.490 e. The van der Waals surface area contributed by atoms with Crippen molar-refractivity contribution in [3.63, 3.8) is 0 Å². The van der Waals surface area contributed by atoms with E-state index >= 15 is 0 Å². The Labute approximate surface area is 245 Å². The molecule has 3 N–H and O–H groups in total. The number of nitrogens with one attached hydrogen (secondary N) is 3. The number of likely N-dealkylation sites (N-methyl/N-ethyl adjacent to an activating group) is 1. The number of piperidine rings is 1. The first-order chi connectivity index (χ1) is 19.9. The maximum Gasteiger partial charge on any atom is 0.323 e. The number of rotatable bonds is 7. The van der Waals surface area contributed by atoms with Crippen LogP contribution < -0.4 is 20.7 Å². The van der Waals surface area contributed by atoms with Crippen molar-refractivity contribution in [3.8, 4) is 5.75 Å². The van der Waals surface area contributed by atoms with Gasteiger partial charge in [0.15, 0.2) is 0 Å². The summed E-state index contributed by atoms with van der Waals surface area (Å²) in [6.07, 6.45) is 4.87. The fourth-order valence-corrected chi connectivity index (χ4v) is 5.87. The Hall–Kier alpha value is -3.34. The molecule has 4 amide bonds. The van der Waals surface area contributed by atoms with Gasteiger partial charge in [0.2, 0.25) is 5.91 Å². The second-order valence-corrected chi connectivity index (χ2v) is 11.4. The Morgan fingerprint density at radius 2 is 1.73 bits per heavy atom. The molecular weight excluding hydrogens is 546 g/mol. The van der Waals surface area contributed by atoms with Crippen LogP contribution in [-0.2, 0) is 9.53 Å². The molecule has 0 aliphatic carbocycles. The SMILES string of the molecule is CN1C(=O)c2cc(NC(=O)Nc3ccc(Cl)cc3)ccc2OC[C@H]2O[C@@H](CC(=O)NCCN3CCCCC3)CC[C@H]21. The predicted octanol–water partition coefficient (Wildman–Crippen LogP) is 4.36. The minimum atomic E-state index is -0.442. The standard InChI is InChI=1S/C30H38ClN5O5/c1-35-25-11-10-23(18-28(37)32-13-16-36-14-3-2-4-15-36)41-27(25)19-40-26-12-9-22(17-24(26)29(35)38)34-30(39)33-21-7-5-20(31)6-8-21/h5-9,12,17,23,25,27H,2-4,10-11,13-16,18-19H2,1H3,(H,32,37)(H2,33,34,39)/t23-,25-,27-/m1/s1. The van der Waals surface area contributed by atoms with Gasteiger partial charge >= 0.3 is 6.03 Å². The van der Waals surface area contributed by atoms with Crippen molar-refractivity contribution in [2.45, 2.75) is 56.8 Å². The van der Waals surface area contributed by atoms with Crippen LogP contribution in [0.5, 0.6) is 5.75 Å². The molecule has 3 heterocycles. The number of carbonyl (C=O) groups excluding carboxylic acids is 3. The van der Waals surface area contributed by atoms with Crippen molar-refractivity contribution in [1.82, 2.24) is 15.1 Å². The number of benzene rings is 2. The van der Waals surface area contributed by atoms with E-state index in [0.29, 0.717) is 53.5 Å². The molecule has 0 unspecified atom stereocenters. The van der Waals surface area contributed by atoms with Crippen LogP contribution in [0.3, 0.4) is 0 Å². The summed E-state index contributed by atoms with van der Waals surface area (Å²) < 4.78 is 12.4. The second kappa shape index (κ2) is 13.5. The van der Waals surface area contributed by atoms with Gasteiger partial charge in [0.05, 0.1) is 24.1 Å². The van der Waals surface area contributed by atoms with Gasteiger partial charge in [-0.25, -0.2) is 4.79 Å². The lowest BCUT2D eigenvalue weighted by molar-refractivity contribution is -0.134. The first kappa shape index (κ1) is 29.2. The Morgan fingerprint density at radius 3 is 2.51 bits per heavy atom. The maximum absolute atomic E-state index is 13.5. The third-order valence-corrected chi connectivity index (χ3v) is 8.24. The Balaban J connectivity index is 1.15. The fraction of sp³-hybridized carbons (Fsp3) is 0.500. The molecule has 5 rings (SSSR count). The zero-order valence-electron chi connectivity index (χ0n) is 23.4. The largest absolute Gasteiger partial charge is 0.490 e. The number of halogens is 1. The average molecular weight is 584 g/mol. The molecule has 11 heteroatoms. The second-order valence-electron chi connectivity index (χ2n) is 10.9. The van der Waals surface area contributed by atoms with E-state index in [2.05, 4.69) is 20.9 Å². The van der Waals surface area contributed by atoms with Crippen molar-refractivity contribution in [2.75, 3.05) is 50.5 Å². The van der Waals surface area contributed by atoms with Gasteiger partial charge in [-0.3, -0.25) is 9.59 Å². The normalized spacial score (nSPS) is 22.8. The van der Waals surface area contributed by atoms with Gasteiger partial charge < -0.3 is 35.2 Å². The molecule has 2 fully saturated rings. The third kappa shape index (κ3) is 7.69. The highest BCUT2D eigenvalue weighted by Crippen LogP contribution is 2.32. The van der Waals surface area contributed by atoms with Gasteiger partial charge in [0.1, 0.15) is 18.5 Å². The average Bonchev–Trinajstić information content (AvgIpc) is 2.97. The number of likely N-dealkylation sites (tertiary alicyclic amines) is 1. The van der Waals surface area contributed by atoms with Crippen LogP contribution >= 0.6 is 11.6 Å². The van der Waals surface area contributed by atoms with Crippen LogP contribution in [0.1, 0.15) is 48.9 Å². The summed E-state index contributed by atoms with van der Waals surface area (Å²) in [5.74, 6) is 0.200. The highest BCUT2D eigenvalue weighted by Gasteiger charge is 2.39. The maximum atomic E-state index is 13.5. The summed E-state index contributed by atoms with van der Waals surface area (Å²) in [4.78, 5) is 42.7. The van der Waals surface area contributed by atoms with E-state index in [9.17, 15) is 14.4 Å². The first-order valence-corrected chi connectivity index (χ1v) is 14.8. The molecule has 0 spiro atoms. The van der Waals surface area contributed by atoms with E-state index in [-0.39, 0.29) is 36.7 Å². The number of carbonyl (C=O) groups is 3. The topological polar surface area (TPSA) is 112 Å². The molecule has 2 saturated heterocycles. The van der Waals surface area contributed by atoms with E-state index < -0.39 is 6.03 Å². The van der Waals surface area contributed by atoms with Gasteiger partial charge in [0.25, 0.3) is 5.91 Å². The number of amides is 4. The number of fused-ring (bicyclic) bond motifs is 2. The molecule has 0 aromatic heterocycles. The summed E-state index contributed by atoms with van der Waals surface area (Å²) in [5.41, 5.74) is 1.42. The summed E-state index contributed by atoms with van der Waals surface area (Å²) >= 11 is 5.90. The quantitative estimate of drug-likeness (QED) is 0.447. The first-order valence-electron chi connectivity index (χ1n) is 14.4. The summed E-state index contributed by atoms with van der Waals surface area (Å²) in [6.45, 7) is 4.00. The molecule has 0 bridgehead atoms. The fourth-order valence-electron chi connectivity index (χ4n) is 5.75. The number of anilines is 2. The van der Waals surface area contributed by atoms with Crippen LogP contribution in [0, 0.1) is 0 Å². The van der Waals surface area contributed by atoms with Crippen LogP contribution in [0.15, 0.2) is 42.5 Å². The lowest BCUT2D eigenvalue weighted by atomic mass is 9.94. The lowest BCUT2D eigenvalue weighted by Gasteiger charge is -2.42. The molecule has 41 heavy (non-hydrogen) atoms. The molecule has 2 aromatic carbocycles. The molecular formula is C30H38ClN5O5. The van der Waals surface area contributed by atoms with Crippen molar-refractivity contribution < 1.29 is 23.9 Å². The number of nitrogens with zero attached hydrogens (tertiary/aromatic N) is 2. The molecule has 220 valence electrons. The highest BCUT2D eigenvalue weighted by atomic mass is 35.5.